The number of carbonyl (C=O) groups excluding carboxylic acids is 1. The first-order chi connectivity index (χ1) is 9.43. The van der Waals surface area contributed by atoms with Gasteiger partial charge in [0.1, 0.15) is 0 Å². The van der Waals surface area contributed by atoms with Gasteiger partial charge in [0.05, 0.1) is 6.54 Å². The van der Waals surface area contributed by atoms with Crippen LogP contribution >= 0.6 is 12.4 Å². The van der Waals surface area contributed by atoms with E-state index in [1.807, 2.05) is 19.0 Å². The molecule has 0 spiro atoms. The molecule has 1 aromatic carbocycles. The van der Waals surface area contributed by atoms with Gasteiger partial charge < -0.3 is 15.1 Å². The quantitative estimate of drug-likeness (QED) is 0.826. The van der Waals surface area contributed by atoms with Gasteiger partial charge in [0, 0.05) is 19.6 Å². The van der Waals surface area contributed by atoms with Crippen LogP contribution in [0.4, 0.5) is 8.78 Å². The van der Waals surface area contributed by atoms with Gasteiger partial charge in [-0.05, 0) is 38.8 Å². The average molecular weight is 322 g/mol. The van der Waals surface area contributed by atoms with Crippen LogP contribution in [0, 0.1) is 11.6 Å². The first kappa shape index (κ1) is 19.8. The van der Waals surface area contributed by atoms with Crippen LogP contribution in [0.25, 0.3) is 0 Å². The van der Waals surface area contributed by atoms with Crippen LogP contribution in [0.1, 0.15) is 5.56 Å². The predicted molar refractivity (Wildman–Crippen MR) is 81.5 cm³/mol. The highest BCUT2D eigenvalue weighted by molar-refractivity contribution is 5.85. The van der Waals surface area contributed by atoms with Crippen LogP contribution in [0.3, 0.4) is 0 Å². The summed E-state index contributed by atoms with van der Waals surface area (Å²) in [4.78, 5) is 15.6. The van der Waals surface area contributed by atoms with Crippen molar-refractivity contribution in [1.82, 2.24) is 15.1 Å². The fourth-order valence-corrected chi connectivity index (χ4v) is 1.73. The third-order valence-corrected chi connectivity index (χ3v) is 2.86. The van der Waals surface area contributed by atoms with E-state index in [9.17, 15) is 13.6 Å². The lowest BCUT2D eigenvalue weighted by molar-refractivity contribution is -0.130. The summed E-state index contributed by atoms with van der Waals surface area (Å²) in [5.41, 5.74) is 0.576. The van der Waals surface area contributed by atoms with Gasteiger partial charge in [-0.15, -0.1) is 12.4 Å². The molecule has 0 atom stereocenters. The van der Waals surface area contributed by atoms with E-state index in [4.69, 9.17) is 0 Å². The minimum absolute atomic E-state index is 0. The zero-order valence-electron chi connectivity index (χ0n) is 12.5. The van der Waals surface area contributed by atoms with Gasteiger partial charge >= 0.3 is 0 Å². The fourth-order valence-electron chi connectivity index (χ4n) is 1.73. The van der Waals surface area contributed by atoms with Crippen molar-refractivity contribution < 1.29 is 13.6 Å². The lowest BCUT2D eigenvalue weighted by atomic mass is 10.2. The van der Waals surface area contributed by atoms with Gasteiger partial charge in [-0.25, -0.2) is 8.78 Å². The monoisotopic (exact) mass is 321 g/mol. The first-order valence-electron chi connectivity index (χ1n) is 6.45. The van der Waals surface area contributed by atoms with E-state index >= 15 is 0 Å². The maximum absolute atomic E-state index is 13.2. The largest absolute Gasteiger partial charge is 0.336 e. The first-order valence-corrected chi connectivity index (χ1v) is 6.45. The second kappa shape index (κ2) is 9.65. The zero-order chi connectivity index (χ0) is 15.1. The molecule has 0 aliphatic carbocycles. The molecule has 0 heterocycles. The summed E-state index contributed by atoms with van der Waals surface area (Å²) in [5, 5.41) is 2.80. The summed E-state index contributed by atoms with van der Waals surface area (Å²) in [7, 11) is 5.52. The highest BCUT2D eigenvalue weighted by Crippen LogP contribution is 2.11. The maximum Gasteiger partial charge on any atom is 0.236 e. The lowest BCUT2D eigenvalue weighted by Crippen LogP contribution is -2.40. The number of rotatable bonds is 7. The Bertz CT molecular complexity index is 458. The molecule has 1 amide bonds. The SMILES string of the molecule is CNCC(=O)N(CCN(C)C)Cc1ccc(F)c(F)c1.Cl. The number of halogens is 3. The summed E-state index contributed by atoms with van der Waals surface area (Å²) in [6.07, 6.45) is 0. The molecule has 0 aliphatic rings. The molecule has 7 heteroatoms. The van der Waals surface area contributed by atoms with Gasteiger partial charge in [-0.3, -0.25) is 4.79 Å². The van der Waals surface area contributed by atoms with Crippen LogP contribution in [0.5, 0.6) is 0 Å². The lowest BCUT2D eigenvalue weighted by Gasteiger charge is -2.24. The molecule has 0 saturated heterocycles. The normalized spacial score (nSPS) is 10.4. The average Bonchev–Trinajstić information content (AvgIpc) is 2.38. The Labute approximate surface area is 130 Å². The minimum Gasteiger partial charge on any atom is -0.336 e. The molecule has 0 saturated carbocycles. The summed E-state index contributed by atoms with van der Waals surface area (Å²) >= 11 is 0. The van der Waals surface area contributed by atoms with Crippen molar-refractivity contribution in [3.8, 4) is 0 Å². The van der Waals surface area contributed by atoms with Crippen LogP contribution in [-0.2, 0) is 11.3 Å². The van der Waals surface area contributed by atoms with Gasteiger partial charge in [0.25, 0.3) is 0 Å². The van der Waals surface area contributed by atoms with Crippen molar-refractivity contribution in [2.24, 2.45) is 0 Å². The predicted octanol–water partition coefficient (Wildman–Crippen LogP) is 1.50. The van der Waals surface area contributed by atoms with E-state index in [2.05, 4.69) is 5.32 Å². The standard InChI is InChI=1S/C14H21F2N3O.ClH/c1-17-9-14(20)19(7-6-18(2)3)10-11-4-5-12(15)13(16)8-11;/h4-5,8,17H,6-7,9-10H2,1-3H3;1H. The molecule has 0 aliphatic heterocycles. The second-order valence-electron chi connectivity index (χ2n) is 4.90. The molecular formula is C14H22ClF2N3O. The molecule has 4 nitrogen and oxygen atoms in total. The summed E-state index contributed by atoms with van der Waals surface area (Å²) < 4.78 is 26.1. The number of benzene rings is 1. The fraction of sp³-hybridized carbons (Fsp3) is 0.500. The Morgan fingerprint density at radius 1 is 1.19 bits per heavy atom. The molecule has 1 rings (SSSR count). The summed E-state index contributed by atoms with van der Waals surface area (Å²) in [5.74, 6) is -1.84. The van der Waals surface area contributed by atoms with E-state index in [0.717, 1.165) is 12.1 Å². The Balaban J connectivity index is 0.00000400. The van der Waals surface area contributed by atoms with Crippen molar-refractivity contribution in [3.63, 3.8) is 0 Å². The van der Waals surface area contributed by atoms with Crippen LogP contribution in [0.2, 0.25) is 0 Å². The van der Waals surface area contributed by atoms with Gasteiger partial charge in [0.2, 0.25) is 5.91 Å². The molecule has 0 bridgehead atoms. The van der Waals surface area contributed by atoms with Gasteiger partial charge in [-0.2, -0.15) is 0 Å². The number of hydrogen-bond acceptors (Lipinski definition) is 3. The van der Waals surface area contributed by atoms with Crippen LogP contribution in [0.15, 0.2) is 18.2 Å². The number of carbonyl (C=O) groups is 1. The van der Waals surface area contributed by atoms with E-state index in [1.54, 1.807) is 11.9 Å². The number of amides is 1. The number of likely N-dealkylation sites (N-methyl/N-ethyl adjacent to an activating group) is 2. The Morgan fingerprint density at radius 3 is 2.38 bits per heavy atom. The molecule has 0 unspecified atom stereocenters. The summed E-state index contributed by atoms with van der Waals surface area (Å²) in [6.45, 7) is 1.73. The number of nitrogens with one attached hydrogen (secondary N) is 1. The van der Waals surface area contributed by atoms with Crippen LogP contribution in [-0.4, -0.2) is 56.5 Å². The Kier molecular flexibility index (Phi) is 9.08. The summed E-state index contributed by atoms with van der Waals surface area (Å²) in [6, 6.07) is 3.70. The number of nitrogens with zero attached hydrogens (tertiary/aromatic N) is 2. The maximum atomic E-state index is 13.2. The molecule has 21 heavy (non-hydrogen) atoms. The Morgan fingerprint density at radius 2 is 1.86 bits per heavy atom. The molecule has 120 valence electrons. The van der Waals surface area contributed by atoms with E-state index < -0.39 is 11.6 Å². The van der Waals surface area contributed by atoms with Crippen molar-refractivity contribution >= 4 is 18.3 Å². The topological polar surface area (TPSA) is 35.6 Å². The van der Waals surface area contributed by atoms with Crippen molar-refractivity contribution in [2.45, 2.75) is 6.54 Å². The van der Waals surface area contributed by atoms with Crippen molar-refractivity contribution in [1.29, 1.82) is 0 Å². The van der Waals surface area contributed by atoms with E-state index in [1.165, 1.54) is 6.07 Å². The van der Waals surface area contributed by atoms with E-state index in [0.29, 0.717) is 18.7 Å². The molecular weight excluding hydrogens is 300 g/mol. The Hall–Kier alpha value is -1.24. The minimum atomic E-state index is -0.892. The third-order valence-electron chi connectivity index (χ3n) is 2.86. The van der Waals surface area contributed by atoms with Crippen LogP contribution < -0.4 is 5.32 Å². The molecule has 1 aromatic rings. The van der Waals surface area contributed by atoms with Gasteiger partial charge in [0.15, 0.2) is 11.6 Å². The third kappa shape index (κ3) is 6.84. The second-order valence-corrected chi connectivity index (χ2v) is 4.90. The number of hydrogen-bond donors (Lipinski definition) is 1. The molecule has 1 N–H and O–H groups in total. The molecule has 0 aromatic heterocycles. The smallest absolute Gasteiger partial charge is 0.236 e. The van der Waals surface area contributed by atoms with E-state index in [-0.39, 0.29) is 31.4 Å². The van der Waals surface area contributed by atoms with Crippen molar-refractivity contribution in [2.75, 3.05) is 40.8 Å². The van der Waals surface area contributed by atoms with Crippen molar-refractivity contribution in [3.05, 3.63) is 35.4 Å². The molecule has 0 radical (unpaired) electrons. The zero-order valence-corrected chi connectivity index (χ0v) is 13.3. The van der Waals surface area contributed by atoms with Gasteiger partial charge in [-0.1, -0.05) is 6.07 Å². The highest BCUT2D eigenvalue weighted by atomic mass is 35.5. The molecule has 0 fully saturated rings. The highest BCUT2D eigenvalue weighted by Gasteiger charge is 2.14.